The Kier molecular flexibility index (Phi) is 2.03. The lowest BCUT2D eigenvalue weighted by Gasteiger charge is -2.29. The van der Waals surface area contributed by atoms with Gasteiger partial charge >= 0.3 is 6.18 Å². The molecule has 6 heteroatoms. The minimum Gasteiger partial charge on any atom is -0.341 e. The van der Waals surface area contributed by atoms with Gasteiger partial charge < -0.3 is 11.1 Å². The summed E-state index contributed by atoms with van der Waals surface area (Å²) in [6.45, 7) is -0.595. The number of hydrogen-bond donors (Lipinski definition) is 2. The molecule has 70 valence electrons. The lowest BCUT2D eigenvalue weighted by molar-refractivity contribution is -0.190. The van der Waals surface area contributed by atoms with Crippen molar-refractivity contribution in [2.24, 2.45) is 5.73 Å². The molecule has 1 saturated heterocycles. The zero-order valence-corrected chi connectivity index (χ0v) is 6.24. The molecule has 1 aliphatic rings. The van der Waals surface area contributed by atoms with E-state index in [2.05, 4.69) is 0 Å². The van der Waals surface area contributed by atoms with Crippen LogP contribution in [0.15, 0.2) is 0 Å². The molecule has 0 spiro atoms. The lowest BCUT2D eigenvalue weighted by atomic mass is 9.97. The highest BCUT2D eigenvalue weighted by Gasteiger charge is 2.57. The normalized spacial score (nSPS) is 30.5. The molecule has 0 aromatic heterocycles. The van der Waals surface area contributed by atoms with Crippen LogP contribution in [0.2, 0.25) is 0 Å². The third kappa shape index (κ3) is 1.26. The van der Waals surface area contributed by atoms with Crippen molar-refractivity contribution in [2.45, 2.75) is 24.6 Å². The van der Waals surface area contributed by atoms with Crippen molar-refractivity contribution in [1.29, 1.82) is 0 Å². The highest BCUT2D eigenvalue weighted by Crippen LogP contribution is 2.36. The maximum absolute atomic E-state index is 12.3. The van der Waals surface area contributed by atoms with Gasteiger partial charge in [0.15, 0.2) is 0 Å². The van der Waals surface area contributed by atoms with Gasteiger partial charge in [-0.05, 0) is 6.42 Å². The quantitative estimate of drug-likeness (QED) is 0.606. The lowest BCUT2D eigenvalue weighted by Crippen LogP contribution is -2.58. The number of carbonyl (C=O) groups is 1. The first-order valence-corrected chi connectivity index (χ1v) is 3.49. The van der Waals surface area contributed by atoms with Crippen LogP contribution < -0.4 is 11.1 Å². The predicted octanol–water partition coefficient (Wildman–Crippen LogP) is 0.156. The van der Waals surface area contributed by atoms with E-state index in [1.807, 2.05) is 5.32 Å². The first-order valence-electron chi connectivity index (χ1n) is 3.49. The summed E-state index contributed by atoms with van der Waals surface area (Å²) in [4.78, 5) is 10.6. The molecule has 12 heavy (non-hydrogen) atoms. The smallest absolute Gasteiger partial charge is 0.341 e. The average Bonchev–Trinajstić information content (AvgIpc) is 2.31. The van der Waals surface area contributed by atoms with E-state index in [1.165, 1.54) is 0 Å². The van der Waals surface area contributed by atoms with Gasteiger partial charge in [0.25, 0.3) is 0 Å². The van der Waals surface area contributed by atoms with Gasteiger partial charge in [0.2, 0.25) is 5.91 Å². The predicted molar refractivity (Wildman–Crippen MR) is 35.2 cm³/mol. The Morgan fingerprint density at radius 3 is 2.33 bits per heavy atom. The molecule has 1 heterocycles. The molecule has 3 N–H and O–H groups in total. The Morgan fingerprint density at radius 2 is 2.17 bits per heavy atom. The molecule has 1 atom stereocenters. The molecule has 1 fully saturated rings. The second-order valence-corrected chi connectivity index (χ2v) is 2.83. The van der Waals surface area contributed by atoms with Gasteiger partial charge in [-0.1, -0.05) is 0 Å². The standard InChI is InChI=1S/C6H9F3N2O/c7-6(8,9)5(3-10)2-1-4(12)11-5/h1-3,10H2,(H,11,12). The number of carbonyl (C=O) groups excluding carboxylic acids is 1. The number of nitrogens with two attached hydrogens (primary N) is 1. The van der Waals surface area contributed by atoms with Crippen molar-refractivity contribution in [3.8, 4) is 0 Å². The van der Waals surface area contributed by atoms with Crippen molar-refractivity contribution in [3.05, 3.63) is 0 Å². The van der Waals surface area contributed by atoms with Crippen molar-refractivity contribution < 1.29 is 18.0 Å². The van der Waals surface area contributed by atoms with E-state index in [1.54, 1.807) is 0 Å². The highest BCUT2D eigenvalue weighted by molar-refractivity contribution is 5.79. The third-order valence-corrected chi connectivity index (χ3v) is 2.05. The fourth-order valence-corrected chi connectivity index (χ4v) is 1.20. The second-order valence-electron chi connectivity index (χ2n) is 2.83. The minimum atomic E-state index is -4.45. The zero-order chi connectivity index (χ0) is 9.41. The molecule has 0 saturated carbocycles. The molecule has 1 aliphatic heterocycles. The van der Waals surface area contributed by atoms with Crippen molar-refractivity contribution in [1.82, 2.24) is 5.32 Å². The van der Waals surface area contributed by atoms with Gasteiger partial charge in [-0.3, -0.25) is 4.79 Å². The van der Waals surface area contributed by atoms with Crippen molar-refractivity contribution >= 4 is 5.91 Å². The molecule has 1 unspecified atom stereocenters. The summed E-state index contributed by atoms with van der Waals surface area (Å²) < 4.78 is 36.9. The summed E-state index contributed by atoms with van der Waals surface area (Å²) in [6, 6.07) is 0. The molecule has 0 radical (unpaired) electrons. The topological polar surface area (TPSA) is 55.1 Å². The first kappa shape index (κ1) is 9.31. The summed E-state index contributed by atoms with van der Waals surface area (Å²) in [7, 11) is 0. The van der Waals surface area contributed by atoms with E-state index in [9.17, 15) is 18.0 Å². The number of rotatable bonds is 1. The monoisotopic (exact) mass is 182 g/mol. The van der Waals surface area contributed by atoms with Crippen LogP contribution in [0.1, 0.15) is 12.8 Å². The molecule has 1 rings (SSSR count). The van der Waals surface area contributed by atoms with E-state index in [0.717, 1.165) is 0 Å². The van der Waals surface area contributed by atoms with Gasteiger partial charge in [-0.15, -0.1) is 0 Å². The van der Waals surface area contributed by atoms with Gasteiger partial charge in [-0.2, -0.15) is 13.2 Å². The molecule has 3 nitrogen and oxygen atoms in total. The number of halogens is 3. The summed E-state index contributed by atoms with van der Waals surface area (Å²) in [5, 5.41) is 1.87. The van der Waals surface area contributed by atoms with Crippen LogP contribution in [-0.4, -0.2) is 24.2 Å². The largest absolute Gasteiger partial charge is 0.412 e. The zero-order valence-electron chi connectivity index (χ0n) is 6.24. The summed E-state index contributed by atoms with van der Waals surface area (Å²) in [5.41, 5.74) is 2.81. The van der Waals surface area contributed by atoms with Crippen LogP contribution in [0.5, 0.6) is 0 Å². The number of amides is 1. The Balaban J connectivity index is 2.85. The number of hydrogen-bond acceptors (Lipinski definition) is 2. The van der Waals surface area contributed by atoms with E-state index < -0.39 is 24.2 Å². The number of nitrogens with one attached hydrogen (secondary N) is 1. The van der Waals surface area contributed by atoms with Crippen LogP contribution in [-0.2, 0) is 4.79 Å². The van der Waals surface area contributed by atoms with Gasteiger partial charge in [0.1, 0.15) is 5.54 Å². The third-order valence-electron chi connectivity index (χ3n) is 2.05. The maximum Gasteiger partial charge on any atom is 0.412 e. The average molecular weight is 182 g/mol. The summed E-state index contributed by atoms with van der Waals surface area (Å²) >= 11 is 0. The first-order chi connectivity index (χ1) is 5.41. The van der Waals surface area contributed by atoms with Gasteiger partial charge in [0, 0.05) is 13.0 Å². The molecule has 0 bridgehead atoms. The van der Waals surface area contributed by atoms with Gasteiger partial charge in [0.05, 0.1) is 0 Å². The van der Waals surface area contributed by atoms with E-state index >= 15 is 0 Å². The molecular weight excluding hydrogens is 173 g/mol. The molecule has 0 aromatic carbocycles. The van der Waals surface area contributed by atoms with Crippen molar-refractivity contribution in [2.75, 3.05) is 6.54 Å². The van der Waals surface area contributed by atoms with Crippen LogP contribution in [0, 0.1) is 0 Å². The number of alkyl halides is 3. The maximum atomic E-state index is 12.3. The SMILES string of the molecule is NCC1(C(F)(F)F)CCC(=O)N1. The Labute approximate surface area is 67.1 Å². The molecule has 0 aromatic rings. The second kappa shape index (κ2) is 2.62. The van der Waals surface area contributed by atoms with Crippen molar-refractivity contribution in [3.63, 3.8) is 0 Å². The van der Waals surface area contributed by atoms with Crippen LogP contribution >= 0.6 is 0 Å². The summed E-state index contributed by atoms with van der Waals surface area (Å²) in [5.74, 6) is -0.585. The highest BCUT2D eigenvalue weighted by atomic mass is 19.4. The Bertz CT molecular complexity index is 203. The fraction of sp³-hybridized carbons (Fsp3) is 0.833. The van der Waals surface area contributed by atoms with Crippen LogP contribution in [0.25, 0.3) is 0 Å². The van der Waals surface area contributed by atoms with Gasteiger partial charge in [-0.25, -0.2) is 0 Å². The van der Waals surface area contributed by atoms with Crippen LogP contribution in [0.3, 0.4) is 0 Å². The molecular formula is C6H9F3N2O. The Hall–Kier alpha value is -0.780. The fourth-order valence-electron chi connectivity index (χ4n) is 1.20. The van der Waals surface area contributed by atoms with Crippen LogP contribution in [0.4, 0.5) is 13.2 Å². The van der Waals surface area contributed by atoms with E-state index in [4.69, 9.17) is 5.73 Å². The summed E-state index contributed by atoms with van der Waals surface area (Å²) in [6.07, 6.45) is -4.81. The molecule has 0 aliphatic carbocycles. The molecule has 1 amide bonds. The van der Waals surface area contributed by atoms with E-state index in [0.29, 0.717) is 0 Å². The minimum absolute atomic E-state index is 0.100. The van der Waals surface area contributed by atoms with E-state index in [-0.39, 0.29) is 12.8 Å². The Morgan fingerprint density at radius 1 is 1.58 bits per heavy atom.